The summed E-state index contributed by atoms with van der Waals surface area (Å²) in [7, 11) is 1.35. The van der Waals surface area contributed by atoms with E-state index in [0.29, 0.717) is 31.5 Å². The van der Waals surface area contributed by atoms with Crippen LogP contribution in [-0.2, 0) is 4.79 Å². The van der Waals surface area contributed by atoms with Crippen LogP contribution < -0.4 is 15.4 Å². The number of piperidine rings is 1. The molecule has 0 unspecified atom stereocenters. The predicted octanol–water partition coefficient (Wildman–Crippen LogP) is 4.83. The first kappa shape index (κ1) is 29.0. The van der Waals surface area contributed by atoms with Crippen LogP contribution in [0.2, 0.25) is 5.02 Å². The topological polar surface area (TPSA) is 133 Å². The van der Waals surface area contributed by atoms with Crippen molar-refractivity contribution in [1.29, 1.82) is 0 Å². The zero-order valence-electron chi connectivity index (χ0n) is 21.9. The summed E-state index contributed by atoms with van der Waals surface area (Å²) in [6, 6.07) is 9.67. The van der Waals surface area contributed by atoms with Crippen molar-refractivity contribution in [2.45, 2.75) is 12.8 Å². The number of likely N-dealkylation sites (tertiary alicyclic amines) is 1. The molecule has 3 N–H and O–H groups in total. The number of hydrogen-bond acceptors (Lipinski definition) is 6. The number of carbonyl (C=O) groups excluding carboxylic acids is 2. The van der Waals surface area contributed by atoms with E-state index in [1.54, 1.807) is 6.07 Å². The molecule has 0 spiro atoms. The van der Waals surface area contributed by atoms with Crippen molar-refractivity contribution in [3.05, 3.63) is 76.2 Å². The average Bonchev–Trinajstić information content (AvgIpc) is 2.97. The summed E-state index contributed by atoms with van der Waals surface area (Å²) in [6.07, 6.45) is 9.18. The van der Waals surface area contributed by atoms with Crippen LogP contribution in [0.1, 0.15) is 39.1 Å². The third-order valence-electron chi connectivity index (χ3n) is 6.39. The van der Waals surface area contributed by atoms with Gasteiger partial charge < -0.3 is 25.4 Å². The van der Waals surface area contributed by atoms with Gasteiger partial charge in [0, 0.05) is 41.5 Å². The fourth-order valence-electron chi connectivity index (χ4n) is 4.13. The third kappa shape index (κ3) is 7.17. The number of terminal acetylenes is 1. The summed E-state index contributed by atoms with van der Waals surface area (Å²) in [4.78, 5) is 47.4. The van der Waals surface area contributed by atoms with Gasteiger partial charge in [0.1, 0.15) is 23.1 Å². The first-order valence-electron chi connectivity index (χ1n) is 12.4. The van der Waals surface area contributed by atoms with Gasteiger partial charge in [-0.3, -0.25) is 14.4 Å². The number of carbonyl (C=O) groups is 3. The molecule has 0 saturated carbocycles. The second-order valence-corrected chi connectivity index (χ2v) is 9.51. The summed E-state index contributed by atoms with van der Waals surface area (Å²) in [6.45, 7) is 0.987. The number of halogens is 2. The van der Waals surface area contributed by atoms with Crippen molar-refractivity contribution in [3.8, 4) is 18.1 Å². The Labute approximate surface area is 240 Å². The second-order valence-electron chi connectivity index (χ2n) is 9.07. The minimum atomic E-state index is -0.821. The Bertz CT molecular complexity index is 1550. The Hall–Kier alpha value is -4.95. The number of carboxylic acids is 1. The molecule has 1 saturated heterocycles. The number of benzene rings is 2. The minimum Gasteiger partial charge on any atom is -0.494 e. The first-order valence-corrected chi connectivity index (χ1v) is 12.8. The molecule has 4 rings (SSSR count). The molecule has 1 aliphatic heterocycles. The van der Waals surface area contributed by atoms with Gasteiger partial charge in [-0.2, -0.15) is 0 Å². The van der Waals surface area contributed by atoms with E-state index in [0.717, 1.165) is 6.07 Å². The standard InChI is InChI=1S/C29H25ClFN5O5/c1-3-17-4-7-25(32-15-17)34-28(38)21-13-20(30)14-24(41-2)26(21)35-27(37)19-5-6-23(22(31)12-19)33-16-36-10-8-18(9-11-36)29(39)40/h1,4-7,12-16,18H,8-11H2,2H3,(H,35,37)(H,39,40)(H,32,34,38). The highest BCUT2D eigenvalue weighted by Gasteiger charge is 2.24. The van der Waals surface area contributed by atoms with E-state index in [1.165, 1.54) is 50.0 Å². The average molecular weight is 578 g/mol. The molecular weight excluding hydrogens is 553 g/mol. The molecule has 0 radical (unpaired) electrons. The number of amides is 2. The highest BCUT2D eigenvalue weighted by atomic mass is 35.5. The van der Waals surface area contributed by atoms with E-state index in [1.807, 2.05) is 4.90 Å². The van der Waals surface area contributed by atoms with Crippen molar-refractivity contribution < 1.29 is 28.6 Å². The van der Waals surface area contributed by atoms with Crippen molar-refractivity contribution >= 4 is 52.9 Å². The highest BCUT2D eigenvalue weighted by molar-refractivity contribution is 6.31. The molecule has 2 amide bonds. The molecule has 2 heterocycles. The number of anilines is 2. The number of nitrogens with zero attached hydrogens (tertiary/aromatic N) is 3. The lowest BCUT2D eigenvalue weighted by atomic mass is 9.98. The van der Waals surface area contributed by atoms with Crippen LogP contribution in [0.3, 0.4) is 0 Å². The zero-order chi connectivity index (χ0) is 29.5. The third-order valence-corrected chi connectivity index (χ3v) is 6.61. The lowest BCUT2D eigenvalue weighted by Crippen LogP contribution is -2.35. The van der Waals surface area contributed by atoms with Crippen LogP contribution in [0.5, 0.6) is 5.75 Å². The van der Waals surface area contributed by atoms with E-state index in [-0.39, 0.29) is 39.1 Å². The van der Waals surface area contributed by atoms with E-state index in [4.69, 9.17) is 27.9 Å². The molecule has 1 aromatic heterocycles. The molecule has 3 aromatic rings. The summed E-state index contributed by atoms with van der Waals surface area (Å²) < 4.78 is 20.2. The van der Waals surface area contributed by atoms with Crippen LogP contribution in [0.25, 0.3) is 0 Å². The normalized spacial score (nSPS) is 13.5. The van der Waals surface area contributed by atoms with E-state index in [2.05, 4.69) is 26.5 Å². The Morgan fingerprint density at radius 2 is 1.93 bits per heavy atom. The van der Waals surface area contributed by atoms with Gasteiger partial charge >= 0.3 is 5.97 Å². The van der Waals surface area contributed by atoms with Crippen molar-refractivity contribution in [2.24, 2.45) is 10.9 Å². The molecule has 10 nitrogen and oxygen atoms in total. The Balaban J connectivity index is 1.50. The molecule has 1 fully saturated rings. The molecule has 210 valence electrons. The van der Waals surface area contributed by atoms with Crippen LogP contribution in [0, 0.1) is 24.1 Å². The number of aliphatic imine (C=N–C) groups is 1. The largest absolute Gasteiger partial charge is 0.494 e. The van der Waals surface area contributed by atoms with Crippen molar-refractivity contribution in [1.82, 2.24) is 9.88 Å². The summed E-state index contributed by atoms with van der Waals surface area (Å²) >= 11 is 6.18. The van der Waals surface area contributed by atoms with Gasteiger partial charge in [-0.15, -0.1) is 6.42 Å². The number of aliphatic carboxylic acids is 1. The summed E-state index contributed by atoms with van der Waals surface area (Å²) in [5.41, 5.74) is 0.517. The molecule has 2 aromatic carbocycles. The van der Waals surface area contributed by atoms with Crippen molar-refractivity contribution in [2.75, 3.05) is 30.8 Å². The van der Waals surface area contributed by atoms with E-state index < -0.39 is 29.5 Å². The van der Waals surface area contributed by atoms with Gasteiger partial charge in [0.2, 0.25) is 0 Å². The molecule has 1 aliphatic rings. The van der Waals surface area contributed by atoms with Crippen LogP contribution in [-0.4, -0.2) is 59.3 Å². The lowest BCUT2D eigenvalue weighted by molar-refractivity contribution is -0.143. The summed E-state index contributed by atoms with van der Waals surface area (Å²) in [5, 5.41) is 14.5. The molecule has 0 atom stereocenters. The molecule has 0 aliphatic carbocycles. The summed E-state index contributed by atoms with van der Waals surface area (Å²) in [5.74, 6) is -0.533. The van der Waals surface area contributed by atoms with E-state index in [9.17, 15) is 18.8 Å². The number of pyridine rings is 1. The van der Waals surface area contributed by atoms with Gasteiger partial charge in [0.05, 0.1) is 30.6 Å². The number of nitrogens with one attached hydrogen (secondary N) is 2. The number of aromatic nitrogens is 1. The molecule has 0 bridgehead atoms. The predicted molar refractivity (Wildman–Crippen MR) is 153 cm³/mol. The Kier molecular flexibility index (Phi) is 9.16. The van der Waals surface area contributed by atoms with Crippen molar-refractivity contribution in [3.63, 3.8) is 0 Å². The second kappa shape index (κ2) is 12.9. The number of hydrogen-bond donors (Lipinski definition) is 3. The van der Waals surface area contributed by atoms with Gasteiger partial charge in [-0.25, -0.2) is 14.4 Å². The quantitative estimate of drug-likeness (QED) is 0.198. The molecule has 41 heavy (non-hydrogen) atoms. The smallest absolute Gasteiger partial charge is 0.306 e. The van der Waals surface area contributed by atoms with Gasteiger partial charge in [0.25, 0.3) is 11.8 Å². The number of methoxy groups -OCH3 is 1. The van der Waals surface area contributed by atoms with Crippen LogP contribution in [0.4, 0.5) is 21.6 Å². The maximum absolute atomic E-state index is 14.9. The fourth-order valence-corrected chi connectivity index (χ4v) is 4.34. The Morgan fingerprint density at radius 1 is 1.17 bits per heavy atom. The van der Waals surface area contributed by atoms with Crippen LogP contribution in [0.15, 0.2) is 53.7 Å². The molecule has 12 heteroatoms. The monoisotopic (exact) mass is 577 g/mol. The maximum Gasteiger partial charge on any atom is 0.306 e. The number of carboxylic acid groups (broad SMARTS) is 1. The Morgan fingerprint density at radius 3 is 2.54 bits per heavy atom. The van der Waals surface area contributed by atoms with Gasteiger partial charge in [0.15, 0.2) is 0 Å². The van der Waals surface area contributed by atoms with Gasteiger partial charge in [-0.05, 0) is 49.2 Å². The number of ether oxygens (including phenoxy) is 1. The molecular formula is C29H25ClFN5O5. The highest BCUT2D eigenvalue weighted by Crippen LogP contribution is 2.34. The number of rotatable bonds is 8. The van der Waals surface area contributed by atoms with E-state index >= 15 is 0 Å². The maximum atomic E-state index is 14.9. The zero-order valence-corrected chi connectivity index (χ0v) is 22.6. The van der Waals surface area contributed by atoms with Gasteiger partial charge in [-0.1, -0.05) is 17.5 Å². The minimum absolute atomic E-state index is 0.00871. The SMILES string of the molecule is C#Cc1ccc(NC(=O)c2cc(Cl)cc(OC)c2NC(=O)c2ccc(N=CN3CCC(C(=O)O)CC3)c(F)c2)nc1. The lowest BCUT2D eigenvalue weighted by Gasteiger charge is -2.28. The fraction of sp³-hybridized carbons (Fsp3) is 0.207. The van der Waals surface area contributed by atoms with Crippen LogP contribution >= 0.6 is 11.6 Å². The first-order chi connectivity index (χ1) is 19.7.